The molecule has 9 heteroatoms. The lowest BCUT2D eigenvalue weighted by atomic mass is 10.1. The fraction of sp³-hybridized carbons (Fsp3) is 0.136. The van der Waals surface area contributed by atoms with Crippen LogP contribution in [0.5, 0.6) is 11.5 Å². The zero-order valence-electron chi connectivity index (χ0n) is 17.0. The molecule has 2 aromatic carbocycles. The molecule has 2 heterocycles. The van der Waals surface area contributed by atoms with Gasteiger partial charge in [-0.2, -0.15) is 9.78 Å². The van der Waals surface area contributed by atoms with Crippen molar-refractivity contribution < 1.29 is 14.3 Å². The molecule has 158 valence electrons. The molecule has 0 saturated carbocycles. The van der Waals surface area contributed by atoms with Gasteiger partial charge in [0.25, 0.3) is 5.91 Å². The summed E-state index contributed by atoms with van der Waals surface area (Å²) in [5, 5.41) is 10.6. The lowest BCUT2D eigenvalue weighted by molar-refractivity contribution is 0.102. The number of anilines is 1. The summed E-state index contributed by atoms with van der Waals surface area (Å²) in [5.41, 5.74) is 2.89. The summed E-state index contributed by atoms with van der Waals surface area (Å²) < 4.78 is 12.2. The SMILES string of the molecule is COc1ccc(C(=O)Nc2cc(C)nn2-c2nc(-c3ccc(Cl)cc3)cs2)c(OC)c1. The highest BCUT2D eigenvalue weighted by Crippen LogP contribution is 2.29. The third-order valence-corrected chi connectivity index (χ3v) is 5.61. The summed E-state index contributed by atoms with van der Waals surface area (Å²) >= 11 is 7.40. The Balaban J connectivity index is 1.63. The van der Waals surface area contributed by atoms with E-state index in [1.165, 1.54) is 18.4 Å². The molecule has 0 aliphatic heterocycles. The van der Waals surface area contributed by atoms with Crippen LogP contribution in [0, 0.1) is 6.92 Å². The minimum atomic E-state index is -0.324. The van der Waals surface area contributed by atoms with Crippen LogP contribution in [0.1, 0.15) is 16.1 Å². The molecule has 0 radical (unpaired) electrons. The molecule has 0 saturated heterocycles. The van der Waals surface area contributed by atoms with E-state index in [9.17, 15) is 4.79 Å². The second-order valence-corrected chi connectivity index (χ2v) is 7.90. The van der Waals surface area contributed by atoms with Crippen LogP contribution in [-0.4, -0.2) is 34.9 Å². The van der Waals surface area contributed by atoms with Gasteiger partial charge >= 0.3 is 0 Å². The van der Waals surface area contributed by atoms with Crippen molar-refractivity contribution >= 4 is 34.7 Å². The second kappa shape index (κ2) is 8.79. The molecular formula is C22H19ClN4O3S. The molecule has 1 amide bonds. The van der Waals surface area contributed by atoms with Crippen molar-refractivity contribution in [3.8, 4) is 27.9 Å². The first-order valence-electron chi connectivity index (χ1n) is 9.30. The van der Waals surface area contributed by atoms with E-state index in [1.807, 2.05) is 36.6 Å². The maximum atomic E-state index is 12.9. The zero-order valence-corrected chi connectivity index (χ0v) is 18.6. The first-order chi connectivity index (χ1) is 15.0. The van der Waals surface area contributed by atoms with Crippen molar-refractivity contribution in [2.75, 3.05) is 19.5 Å². The third-order valence-electron chi connectivity index (χ3n) is 4.54. The molecule has 4 aromatic rings. The number of nitrogens with zero attached hydrogens (tertiary/aromatic N) is 3. The molecule has 2 aromatic heterocycles. The Morgan fingerprint density at radius 2 is 1.87 bits per heavy atom. The molecule has 0 unspecified atom stereocenters. The molecule has 0 atom stereocenters. The Morgan fingerprint density at radius 1 is 1.10 bits per heavy atom. The fourth-order valence-electron chi connectivity index (χ4n) is 3.02. The number of halogens is 1. The minimum Gasteiger partial charge on any atom is -0.497 e. The largest absolute Gasteiger partial charge is 0.497 e. The van der Waals surface area contributed by atoms with E-state index >= 15 is 0 Å². The lowest BCUT2D eigenvalue weighted by Gasteiger charge is -2.11. The average molecular weight is 455 g/mol. The molecule has 4 rings (SSSR count). The third kappa shape index (κ3) is 4.40. The number of nitrogens with one attached hydrogen (secondary N) is 1. The highest BCUT2D eigenvalue weighted by atomic mass is 35.5. The summed E-state index contributed by atoms with van der Waals surface area (Å²) in [6, 6.07) is 14.3. The van der Waals surface area contributed by atoms with Crippen LogP contribution in [-0.2, 0) is 0 Å². The van der Waals surface area contributed by atoms with Crippen LogP contribution < -0.4 is 14.8 Å². The van der Waals surface area contributed by atoms with Gasteiger partial charge in [-0.1, -0.05) is 23.7 Å². The minimum absolute atomic E-state index is 0.324. The van der Waals surface area contributed by atoms with Gasteiger partial charge in [0, 0.05) is 28.1 Å². The predicted octanol–water partition coefficient (Wildman–Crippen LogP) is 5.23. The molecule has 31 heavy (non-hydrogen) atoms. The average Bonchev–Trinajstić information content (AvgIpc) is 3.40. The Bertz CT molecular complexity index is 1230. The number of carbonyl (C=O) groups excluding carboxylic acids is 1. The van der Waals surface area contributed by atoms with E-state index in [-0.39, 0.29) is 5.91 Å². The number of hydrogen-bond acceptors (Lipinski definition) is 6. The van der Waals surface area contributed by atoms with Crippen LogP contribution in [0.2, 0.25) is 5.02 Å². The van der Waals surface area contributed by atoms with E-state index in [2.05, 4.69) is 15.4 Å². The molecule has 0 bridgehead atoms. The summed E-state index contributed by atoms with van der Waals surface area (Å²) in [7, 11) is 3.07. The number of ether oxygens (including phenoxy) is 2. The van der Waals surface area contributed by atoms with Gasteiger partial charge in [0.15, 0.2) is 0 Å². The first kappa shape index (κ1) is 20.9. The number of methoxy groups -OCH3 is 2. The number of carbonyl (C=O) groups is 1. The highest BCUT2D eigenvalue weighted by Gasteiger charge is 2.18. The quantitative estimate of drug-likeness (QED) is 0.431. The fourth-order valence-corrected chi connectivity index (χ4v) is 3.94. The Labute approximate surface area is 188 Å². The van der Waals surface area contributed by atoms with E-state index in [1.54, 1.807) is 36.1 Å². The molecule has 0 aliphatic rings. The maximum Gasteiger partial charge on any atom is 0.260 e. The van der Waals surface area contributed by atoms with Gasteiger partial charge in [-0.05, 0) is 31.2 Å². The van der Waals surface area contributed by atoms with Crippen molar-refractivity contribution in [1.29, 1.82) is 0 Å². The van der Waals surface area contributed by atoms with Crippen molar-refractivity contribution in [2.24, 2.45) is 0 Å². The highest BCUT2D eigenvalue weighted by molar-refractivity contribution is 7.12. The van der Waals surface area contributed by atoms with Crippen molar-refractivity contribution in [1.82, 2.24) is 14.8 Å². The second-order valence-electron chi connectivity index (χ2n) is 6.63. The summed E-state index contributed by atoms with van der Waals surface area (Å²) in [5.74, 6) is 1.21. The van der Waals surface area contributed by atoms with Crippen LogP contribution in [0.25, 0.3) is 16.4 Å². The molecular weight excluding hydrogens is 436 g/mol. The number of aryl methyl sites for hydroxylation is 1. The topological polar surface area (TPSA) is 78.3 Å². The molecule has 1 N–H and O–H groups in total. The van der Waals surface area contributed by atoms with E-state index in [0.29, 0.717) is 33.0 Å². The smallest absolute Gasteiger partial charge is 0.260 e. The number of rotatable bonds is 6. The molecule has 0 spiro atoms. The number of aromatic nitrogens is 3. The number of benzene rings is 2. The summed E-state index contributed by atoms with van der Waals surface area (Å²) in [4.78, 5) is 17.6. The van der Waals surface area contributed by atoms with Gasteiger partial charge in [-0.15, -0.1) is 11.3 Å². The Kier molecular flexibility index (Phi) is 5.92. The maximum absolute atomic E-state index is 12.9. The number of hydrogen-bond donors (Lipinski definition) is 1. The van der Waals surface area contributed by atoms with Gasteiger partial charge < -0.3 is 14.8 Å². The summed E-state index contributed by atoms with van der Waals surface area (Å²) in [6.07, 6.45) is 0. The first-order valence-corrected chi connectivity index (χ1v) is 10.6. The van der Waals surface area contributed by atoms with Gasteiger partial charge in [-0.25, -0.2) is 4.98 Å². The van der Waals surface area contributed by atoms with Crippen molar-refractivity contribution in [3.05, 3.63) is 70.2 Å². The normalized spacial score (nSPS) is 10.7. The predicted molar refractivity (Wildman–Crippen MR) is 122 cm³/mol. The van der Waals surface area contributed by atoms with E-state index in [4.69, 9.17) is 21.1 Å². The van der Waals surface area contributed by atoms with Gasteiger partial charge in [0.1, 0.15) is 17.3 Å². The monoisotopic (exact) mass is 454 g/mol. The number of amides is 1. The standard InChI is InChI=1S/C22H19ClN4O3S/c1-13-10-20(25-21(28)17-9-8-16(29-2)11-19(17)30-3)27(26-13)22-24-18(12-31-22)14-4-6-15(23)7-5-14/h4-12H,1-3H3,(H,25,28). The Hall–Kier alpha value is -3.36. The van der Waals surface area contributed by atoms with Crippen LogP contribution in [0.15, 0.2) is 53.9 Å². The van der Waals surface area contributed by atoms with Crippen molar-refractivity contribution in [2.45, 2.75) is 6.92 Å². The van der Waals surface area contributed by atoms with Gasteiger partial charge in [-0.3, -0.25) is 4.79 Å². The number of thiazole rings is 1. The van der Waals surface area contributed by atoms with Crippen molar-refractivity contribution in [3.63, 3.8) is 0 Å². The molecule has 0 aliphatic carbocycles. The van der Waals surface area contributed by atoms with E-state index in [0.717, 1.165) is 17.0 Å². The summed E-state index contributed by atoms with van der Waals surface area (Å²) in [6.45, 7) is 1.85. The van der Waals surface area contributed by atoms with Crippen LogP contribution in [0.4, 0.5) is 5.82 Å². The van der Waals surface area contributed by atoms with Gasteiger partial charge in [0.2, 0.25) is 5.13 Å². The molecule has 0 fully saturated rings. The molecule has 7 nitrogen and oxygen atoms in total. The van der Waals surface area contributed by atoms with Crippen LogP contribution in [0.3, 0.4) is 0 Å². The lowest BCUT2D eigenvalue weighted by Crippen LogP contribution is -2.16. The van der Waals surface area contributed by atoms with E-state index < -0.39 is 0 Å². The zero-order chi connectivity index (χ0) is 22.0. The van der Waals surface area contributed by atoms with Gasteiger partial charge in [0.05, 0.1) is 31.2 Å². The van der Waals surface area contributed by atoms with Crippen LogP contribution >= 0.6 is 22.9 Å². The Morgan fingerprint density at radius 3 is 2.58 bits per heavy atom.